The standard InChI is InChI=1S/C19H19F3N2O4S2/c20-19(21,22)17-8-4-5-9-18(17)30(27,28)24-13-11-23(12-14-24)29(25,26)15-10-16-6-2-1-3-7-16/h1-10,15H,11-14H2/b15-10+. The lowest BCUT2D eigenvalue weighted by atomic mass is 10.2. The van der Waals surface area contributed by atoms with Gasteiger partial charge in [0.25, 0.3) is 0 Å². The van der Waals surface area contributed by atoms with E-state index in [0.29, 0.717) is 11.6 Å². The molecule has 2 aromatic rings. The summed E-state index contributed by atoms with van der Waals surface area (Å²) in [7, 11) is -8.22. The van der Waals surface area contributed by atoms with Crippen molar-refractivity contribution in [2.75, 3.05) is 26.2 Å². The van der Waals surface area contributed by atoms with Crippen LogP contribution in [-0.4, -0.2) is 51.6 Å². The van der Waals surface area contributed by atoms with E-state index in [9.17, 15) is 30.0 Å². The van der Waals surface area contributed by atoms with Gasteiger partial charge in [0, 0.05) is 31.6 Å². The first-order chi connectivity index (χ1) is 14.0. The molecule has 0 radical (unpaired) electrons. The molecule has 162 valence electrons. The number of hydrogen-bond donors (Lipinski definition) is 0. The zero-order chi connectivity index (χ0) is 22.0. The van der Waals surface area contributed by atoms with E-state index >= 15 is 0 Å². The molecule has 0 aliphatic carbocycles. The van der Waals surface area contributed by atoms with Gasteiger partial charge in [-0.2, -0.15) is 21.8 Å². The van der Waals surface area contributed by atoms with E-state index in [2.05, 4.69) is 0 Å². The molecule has 0 unspecified atom stereocenters. The smallest absolute Gasteiger partial charge is 0.208 e. The van der Waals surface area contributed by atoms with Crippen molar-refractivity contribution in [1.29, 1.82) is 0 Å². The molecule has 6 nitrogen and oxygen atoms in total. The summed E-state index contributed by atoms with van der Waals surface area (Å²) in [6.45, 7) is -0.802. The van der Waals surface area contributed by atoms with E-state index in [0.717, 1.165) is 26.2 Å². The van der Waals surface area contributed by atoms with Crippen molar-refractivity contribution in [2.45, 2.75) is 11.1 Å². The molecular formula is C19H19F3N2O4S2. The van der Waals surface area contributed by atoms with Crippen LogP contribution in [0.4, 0.5) is 13.2 Å². The average Bonchev–Trinajstić information content (AvgIpc) is 2.72. The van der Waals surface area contributed by atoms with Crippen LogP contribution < -0.4 is 0 Å². The van der Waals surface area contributed by atoms with Crippen LogP contribution in [0.2, 0.25) is 0 Å². The van der Waals surface area contributed by atoms with E-state index in [-0.39, 0.29) is 26.2 Å². The van der Waals surface area contributed by atoms with E-state index in [1.807, 2.05) is 0 Å². The highest BCUT2D eigenvalue weighted by molar-refractivity contribution is 7.92. The highest BCUT2D eigenvalue weighted by Crippen LogP contribution is 2.35. The molecule has 3 rings (SSSR count). The highest BCUT2D eigenvalue weighted by Gasteiger charge is 2.40. The summed E-state index contributed by atoms with van der Waals surface area (Å²) in [4.78, 5) is -0.835. The molecule has 1 fully saturated rings. The molecule has 0 N–H and O–H groups in total. The Bertz CT molecular complexity index is 1120. The second-order valence-corrected chi connectivity index (χ2v) is 10.3. The van der Waals surface area contributed by atoms with Gasteiger partial charge in [-0.1, -0.05) is 42.5 Å². The zero-order valence-electron chi connectivity index (χ0n) is 15.7. The Kier molecular flexibility index (Phi) is 6.37. The minimum Gasteiger partial charge on any atom is -0.208 e. The monoisotopic (exact) mass is 460 g/mol. The van der Waals surface area contributed by atoms with Crippen molar-refractivity contribution in [3.8, 4) is 0 Å². The van der Waals surface area contributed by atoms with Crippen LogP contribution in [0.1, 0.15) is 11.1 Å². The van der Waals surface area contributed by atoms with Gasteiger partial charge in [0.05, 0.1) is 10.5 Å². The van der Waals surface area contributed by atoms with Crippen molar-refractivity contribution in [3.05, 3.63) is 71.1 Å². The Morgan fingerprint density at radius 3 is 1.90 bits per heavy atom. The number of sulfonamides is 2. The fraction of sp³-hybridized carbons (Fsp3) is 0.263. The normalized spacial score (nSPS) is 17.4. The van der Waals surface area contributed by atoms with Gasteiger partial charge in [-0.25, -0.2) is 16.8 Å². The molecule has 1 heterocycles. The molecule has 0 spiro atoms. The number of hydrogen-bond acceptors (Lipinski definition) is 4. The van der Waals surface area contributed by atoms with Gasteiger partial charge >= 0.3 is 6.18 Å². The Hall–Kier alpha value is -2.21. The molecule has 30 heavy (non-hydrogen) atoms. The lowest BCUT2D eigenvalue weighted by Gasteiger charge is -2.33. The number of nitrogens with zero attached hydrogens (tertiary/aromatic N) is 2. The van der Waals surface area contributed by atoms with Crippen molar-refractivity contribution in [3.63, 3.8) is 0 Å². The third-order valence-corrected chi connectivity index (χ3v) is 8.12. The van der Waals surface area contributed by atoms with Gasteiger partial charge in [-0.3, -0.25) is 0 Å². The summed E-state index contributed by atoms with van der Waals surface area (Å²) in [5.74, 6) is 0. The third-order valence-electron chi connectivity index (χ3n) is 4.60. The SMILES string of the molecule is O=S(=O)(/C=C/c1ccccc1)N1CCN(S(=O)(=O)c2ccccc2C(F)(F)F)CC1. The average molecular weight is 460 g/mol. The first kappa shape index (κ1) is 22.5. The van der Waals surface area contributed by atoms with E-state index in [1.54, 1.807) is 30.3 Å². The molecule has 0 bridgehead atoms. The number of rotatable bonds is 5. The van der Waals surface area contributed by atoms with Crippen molar-refractivity contribution >= 4 is 26.1 Å². The van der Waals surface area contributed by atoms with Gasteiger partial charge in [-0.15, -0.1) is 0 Å². The summed E-state index contributed by atoms with van der Waals surface area (Å²) in [6, 6.07) is 12.7. The lowest BCUT2D eigenvalue weighted by molar-refractivity contribution is -0.139. The number of piperazine rings is 1. The second kappa shape index (κ2) is 8.50. The quantitative estimate of drug-likeness (QED) is 0.688. The summed E-state index contributed by atoms with van der Waals surface area (Å²) in [5.41, 5.74) is -0.558. The molecule has 0 saturated carbocycles. The molecule has 11 heteroatoms. The fourth-order valence-corrected chi connectivity index (χ4v) is 5.85. The zero-order valence-corrected chi connectivity index (χ0v) is 17.3. The predicted octanol–water partition coefficient (Wildman–Crippen LogP) is 3.01. The van der Waals surface area contributed by atoms with Gasteiger partial charge in [0.15, 0.2) is 0 Å². The van der Waals surface area contributed by atoms with Crippen LogP contribution >= 0.6 is 0 Å². The Morgan fingerprint density at radius 1 is 0.767 bits per heavy atom. The van der Waals surface area contributed by atoms with Gasteiger partial charge in [0.1, 0.15) is 0 Å². The van der Waals surface area contributed by atoms with Gasteiger partial charge < -0.3 is 0 Å². The highest BCUT2D eigenvalue weighted by atomic mass is 32.2. The fourth-order valence-electron chi connectivity index (χ4n) is 3.04. The minimum absolute atomic E-state index is 0.158. The molecule has 0 amide bonds. The van der Waals surface area contributed by atoms with Gasteiger partial charge in [0.2, 0.25) is 20.0 Å². The van der Waals surface area contributed by atoms with E-state index < -0.39 is 36.7 Å². The summed E-state index contributed by atoms with van der Waals surface area (Å²) in [6.07, 6.45) is -3.39. The maximum absolute atomic E-state index is 13.2. The largest absolute Gasteiger partial charge is 0.417 e. The van der Waals surface area contributed by atoms with Crippen molar-refractivity contribution < 1.29 is 30.0 Å². The van der Waals surface area contributed by atoms with Crippen molar-refractivity contribution in [2.24, 2.45) is 0 Å². The third kappa shape index (κ3) is 4.91. The lowest BCUT2D eigenvalue weighted by Crippen LogP contribution is -2.50. The topological polar surface area (TPSA) is 74.8 Å². The van der Waals surface area contributed by atoms with Crippen LogP contribution in [0.5, 0.6) is 0 Å². The number of halogens is 3. The maximum atomic E-state index is 13.2. The molecular weight excluding hydrogens is 441 g/mol. The van der Waals surface area contributed by atoms with Crippen LogP contribution in [0, 0.1) is 0 Å². The van der Waals surface area contributed by atoms with Gasteiger partial charge in [-0.05, 0) is 23.8 Å². The summed E-state index contributed by atoms with van der Waals surface area (Å²) >= 11 is 0. The van der Waals surface area contributed by atoms with Crippen LogP contribution in [-0.2, 0) is 26.2 Å². The van der Waals surface area contributed by atoms with E-state index in [1.165, 1.54) is 12.1 Å². The molecule has 2 aromatic carbocycles. The predicted molar refractivity (Wildman–Crippen MR) is 106 cm³/mol. The molecule has 0 aromatic heterocycles. The van der Waals surface area contributed by atoms with Crippen LogP contribution in [0.3, 0.4) is 0 Å². The summed E-state index contributed by atoms with van der Waals surface area (Å²) < 4.78 is 92.1. The molecule has 1 aliphatic rings. The summed E-state index contributed by atoms with van der Waals surface area (Å²) in [5, 5.41) is 1.03. The number of alkyl halides is 3. The first-order valence-electron chi connectivity index (χ1n) is 8.91. The van der Waals surface area contributed by atoms with Crippen LogP contribution in [0.15, 0.2) is 64.9 Å². The Labute approximate surface area is 173 Å². The minimum atomic E-state index is -4.82. The molecule has 1 aliphatic heterocycles. The Morgan fingerprint density at radius 2 is 1.30 bits per heavy atom. The van der Waals surface area contributed by atoms with Crippen LogP contribution in [0.25, 0.3) is 6.08 Å². The molecule has 0 atom stereocenters. The first-order valence-corrected chi connectivity index (χ1v) is 11.9. The van der Waals surface area contributed by atoms with E-state index in [4.69, 9.17) is 0 Å². The maximum Gasteiger partial charge on any atom is 0.417 e. The number of benzene rings is 2. The molecule has 1 saturated heterocycles. The van der Waals surface area contributed by atoms with Crippen molar-refractivity contribution in [1.82, 2.24) is 8.61 Å². The Balaban J connectivity index is 1.75. The second-order valence-electron chi connectivity index (χ2n) is 6.56.